The number of benzene rings is 1. The Morgan fingerprint density at radius 1 is 1.15 bits per heavy atom. The van der Waals surface area contributed by atoms with E-state index < -0.39 is 12.0 Å². The summed E-state index contributed by atoms with van der Waals surface area (Å²) in [4.78, 5) is 41.3. The van der Waals surface area contributed by atoms with Crippen LogP contribution in [0.15, 0.2) is 30.5 Å². The maximum absolute atomic E-state index is 13.0. The van der Waals surface area contributed by atoms with Crippen molar-refractivity contribution in [2.45, 2.75) is 25.0 Å². The number of carbonyl (C=O) groups is 2. The molecule has 2 amide bonds. The van der Waals surface area contributed by atoms with Crippen molar-refractivity contribution in [2.75, 3.05) is 61.9 Å². The molecule has 3 N–H and O–H groups in total. The molecule has 1 aromatic heterocycles. The number of anilines is 4. The Morgan fingerprint density at radius 3 is 2.56 bits per heavy atom. The van der Waals surface area contributed by atoms with Crippen LogP contribution >= 0.6 is 0 Å². The van der Waals surface area contributed by atoms with E-state index in [4.69, 9.17) is 0 Å². The van der Waals surface area contributed by atoms with Gasteiger partial charge in [0.2, 0.25) is 5.95 Å². The van der Waals surface area contributed by atoms with Crippen LogP contribution in [0.4, 0.5) is 27.9 Å². The highest BCUT2D eigenvalue weighted by atomic mass is 16.4. The quantitative estimate of drug-likeness (QED) is 0.597. The fourth-order valence-corrected chi connectivity index (χ4v) is 4.77. The Balaban J connectivity index is 1.27. The number of likely N-dealkylation sites (N-methyl/N-ethyl adjacent to an activating group) is 1. The van der Waals surface area contributed by atoms with Crippen LogP contribution in [-0.2, 0) is 11.3 Å². The molecule has 1 aromatic carbocycles. The number of hydrogen-bond acceptors (Lipinski definition) is 8. The third kappa shape index (κ3) is 4.36. The van der Waals surface area contributed by atoms with Gasteiger partial charge in [0.1, 0.15) is 11.9 Å². The average Bonchev–Trinajstić information content (AvgIpc) is 3.33. The van der Waals surface area contributed by atoms with Gasteiger partial charge < -0.3 is 30.4 Å². The van der Waals surface area contributed by atoms with Crippen LogP contribution < -0.4 is 20.4 Å². The summed E-state index contributed by atoms with van der Waals surface area (Å²) in [6.07, 6.45) is 2.12. The van der Waals surface area contributed by atoms with Crippen LogP contribution in [0.3, 0.4) is 0 Å². The summed E-state index contributed by atoms with van der Waals surface area (Å²) in [6, 6.07) is 7.22. The second-order valence-electron chi connectivity index (χ2n) is 9.16. The van der Waals surface area contributed by atoms with E-state index >= 15 is 0 Å². The molecule has 0 radical (unpaired) electrons. The molecule has 0 unspecified atom stereocenters. The van der Waals surface area contributed by atoms with Gasteiger partial charge in [0.05, 0.1) is 6.54 Å². The van der Waals surface area contributed by atoms with Crippen LogP contribution in [0.5, 0.6) is 0 Å². The zero-order valence-corrected chi connectivity index (χ0v) is 19.4. The summed E-state index contributed by atoms with van der Waals surface area (Å²) in [5, 5.41) is 15.4. The topological polar surface area (TPSA) is 117 Å². The van der Waals surface area contributed by atoms with Gasteiger partial charge >= 0.3 is 12.0 Å². The van der Waals surface area contributed by atoms with Gasteiger partial charge in [0.15, 0.2) is 0 Å². The monoisotopic (exact) mass is 466 g/mol. The zero-order valence-electron chi connectivity index (χ0n) is 19.4. The Hall–Kier alpha value is -3.44. The first kappa shape index (κ1) is 22.4. The summed E-state index contributed by atoms with van der Waals surface area (Å²) in [5.74, 6) is 0.0950. The summed E-state index contributed by atoms with van der Waals surface area (Å²) < 4.78 is 0. The number of nitrogens with one attached hydrogen (secondary N) is 2. The fourth-order valence-electron chi connectivity index (χ4n) is 4.77. The molecule has 2 fully saturated rings. The van der Waals surface area contributed by atoms with Gasteiger partial charge in [0, 0.05) is 68.9 Å². The van der Waals surface area contributed by atoms with Crippen molar-refractivity contribution in [3.05, 3.63) is 36.0 Å². The van der Waals surface area contributed by atoms with E-state index in [1.807, 2.05) is 12.1 Å². The van der Waals surface area contributed by atoms with E-state index in [0.29, 0.717) is 31.3 Å². The lowest BCUT2D eigenvalue weighted by molar-refractivity contribution is -0.139. The van der Waals surface area contributed by atoms with Crippen molar-refractivity contribution >= 4 is 35.1 Å². The molecular formula is C23H30N8O3. The number of aliphatic carboxylic acids is 1. The number of carboxylic acids is 1. The standard InChI is InChI=1S/C23H30N8O3/c1-28-7-9-30(10-8-28)17-5-3-16(4-6-17)26-22-25-12-15-14-31(23(34)29(2)20(15)27-22)18-11-19(21(32)33)24-13-18/h3-6,12,18-19,24H,7-11,13-14H2,1-2H3,(H,32,33)(H,25,26,27)/t18-,19+/m0/s1. The maximum atomic E-state index is 13.0. The minimum Gasteiger partial charge on any atom is -0.480 e. The molecule has 2 saturated heterocycles. The van der Waals surface area contributed by atoms with Crippen molar-refractivity contribution in [1.29, 1.82) is 0 Å². The lowest BCUT2D eigenvalue weighted by atomic mass is 10.1. The largest absolute Gasteiger partial charge is 0.480 e. The molecule has 3 aliphatic rings. The van der Waals surface area contributed by atoms with Gasteiger partial charge in [-0.1, -0.05) is 0 Å². The molecule has 0 bridgehead atoms. The molecule has 180 valence electrons. The van der Waals surface area contributed by atoms with E-state index in [1.165, 1.54) is 10.6 Å². The van der Waals surface area contributed by atoms with E-state index in [0.717, 1.165) is 37.4 Å². The van der Waals surface area contributed by atoms with Crippen LogP contribution in [0.1, 0.15) is 12.0 Å². The maximum Gasteiger partial charge on any atom is 0.326 e. The molecule has 4 heterocycles. The molecule has 11 nitrogen and oxygen atoms in total. The van der Waals surface area contributed by atoms with Crippen molar-refractivity contribution in [1.82, 2.24) is 25.1 Å². The predicted molar refractivity (Wildman–Crippen MR) is 129 cm³/mol. The van der Waals surface area contributed by atoms with Gasteiger partial charge in [-0.3, -0.25) is 9.69 Å². The predicted octanol–water partition coefficient (Wildman–Crippen LogP) is 1.16. The highest BCUT2D eigenvalue weighted by molar-refractivity contribution is 5.93. The van der Waals surface area contributed by atoms with Gasteiger partial charge in [-0.2, -0.15) is 4.98 Å². The molecule has 0 saturated carbocycles. The molecule has 0 aliphatic carbocycles. The lowest BCUT2D eigenvalue weighted by Gasteiger charge is -2.37. The van der Waals surface area contributed by atoms with Crippen molar-refractivity contribution in [3.63, 3.8) is 0 Å². The van der Waals surface area contributed by atoms with E-state index in [2.05, 4.69) is 49.6 Å². The number of urea groups is 1. The minimum absolute atomic E-state index is 0.180. The highest BCUT2D eigenvalue weighted by Gasteiger charge is 2.39. The number of carboxylic acid groups (broad SMARTS) is 1. The minimum atomic E-state index is -0.892. The molecule has 0 spiro atoms. The van der Waals surface area contributed by atoms with E-state index in [-0.39, 0.29) is 12.1 Å². The Labute approximate surface area is 198 Å². The molecule has 5 rings (SSSR count). The number of nitrogens with zero attached hydrogens (tertiary/aromatic N) is 6. The molecule has 34 heavy (non-hydrogen) atoms. The number of aromatic nitrogens is 2. The van der Waals surface area contributed by atoms with Crippen molar-refractivity contribution in [3.8, 4) is 0 Å². The number of amides is 2. The van der Waals surface area contributed by atoms with E-state index in [9.17, 15) is 14.7 Å². The van der Waals surface area contributed by atoms with Crippen molar-refractivity contribution < 1.29 is 14.7 Å². The van der Waals surface area contributed by atoms with Crippen LogP contribution in [0.2, 0.25) is 0 Å². The Morgan fingerprint density at radius 2 is 1.88 bits per heavy atom. The summed E-state index contributed by atoms with van der Waals surface area (Å²) in [7, 11) is 3.83. The second kappa shape index (κ2) is 9.07. The summed E-state index contributed by atoms with van der Waals surface area (Å²) in [5.41, 5.74) is 2.90. The smallest absolute Gasteiger partial charge is 0.326 e. The first-order valence-corrected chi connectivity index (χ1v) is 11.6. The number of hydrogen-bond donors (Lipinski definition) is 3. The second-order valence-corrected chi connectivity index (χ2v) is 9.16. The van der Waals surface area contributed by atoms with Crippen LogP contribution in [0, 0.1) is 0 Å². The van der Waals surface area contributed by atoms with Crippen LogP contribution in [-0.4, -0.2) is 95.8 Å². The SMILES string of the molecule is CN1CCN(c2ccc(Nc3ncc4c(n3)N(C)C(=O)N([C@@H]3CN[C@@H](C(=O)O)C3)C4)cc2)CC1. The van der Waals surface area contributed by atoms with Gasteiger partial charge in [-0.05, 0) is 37.7 Å². The van der Waals surface area contributed by atoms with Gasteiger partial charge in [0.25, 0.3) is 0 Å². The summed E-state index contributed by atoms with van der Waals surface area (Å²) >= 11 is 0. The third-order valence-corrected chi connectivity index (χ3v) is 6.87. The molecule has 2 aromatic rings. The molecule has 3 aliphatic heterocycles. The molecular weight excluding hydrogens is 436 g/mol. The average molecular weight is 467 g/mol. The van der Waals surface area contributed by atoms with Gasteiger partial charge in [-0.25, -0.2) is 9.78 Å². The molecule has 11 heteroatoms. The first-order chi connectivity index (χ1) is 16.4. The Bertz CT molecular complexity index is 1070. The normalized spacial score (nSPS) is 23.2. The highest BCUT2D eigenvalue weighted by Crippen LogP contribution is 2.30. The molecule has 2 atom stereocenters. The van der Waals surface area contributed by atoms with Gasteiger partial charge in [-0.15, -0.1) is 0 Å². The van der Waals surface area contributed by atoms with Crippen molar-refractivity contribution in [2.24, 2.45) is 0 Å². The summed E-state index contributed by atoms with van der Waals surface area (Å²) in [6.45, 7) is 4.96. The van der Waals surface area contributed by atoms with E-state index in [1.54, 1.807) is 18.1 Å². The zero-order chi connectivity index (χ0) is 23.8. The number of rotatable bonds is 5. The first-order valence-electron chi connectivity index (χ1n) is 11.6. The fraction of sp³-hybridized carbons (Fsp3) is 0.478. The lowest BCUT2D eigenvalue weighted by Crippen LogP contribution is -2.51. The third-order valence-electron chi connectivity index (χ3n) is 6.87. The number of fused-ring (bicyclic) bond motifs is 1. The number of carbonyl (C=O) groups excluding carboxylic acids is 1. The van der Waals surface area contributed by atoms with Crippen LogP contribution in [0.25, 0.3) is 0 Å². The number of piperazine rings is 1. The Kier molecular flexibility index (Phi) is 5.96.